The van der Waals surface area contributed by atoms with Gasteiger partial charge in [0.2, 0.25) is 0 Å². The zero-order valence-corrected chi connectivity index (χ0v) is 24.8. The highest BCUT2D eigenvalue weighted by Crippen LogP contribution is 2.55. The maximum absolute atomic E-state index is 13.4. The molecule has 4 aromatic carbocycles. The molecule has 7 nitrogen and oxygen atoms in total. The number of carbonyl (C=O) groups excluding carboxylic acids is 2. The number of fused-ring (bicyclic) bond motifs is 2. The Hall–Kier alpha value is -4.62. The van der Waals surface area contributed by atoms with E-state index in [1.54, 1.807) is 0 Å². The minimum Gasteiger partial charge on any atom is -0.491 e. The van der Waals surface area contributed by atoms with Crippen LogP contribution < -0.4 is 9.47 Å². The molecule has 0 heterocycles. The van der Waals surface area contributed by atoms with Gasteiger partial charge in [-0.2, -0.15) is 0 Å². The zero-order chi connectivity index (χ0) is 30.5. The molecule has 0 radical (unpaired) electrons. The fourth-order valence-corrected chi connectivity index (χ4v) is 6.50. The molecule has 226 valence electrons. The lowest BCUT2D eigenvalue weighted by Crippen LogP contribution is -2.37. The van der Waals surface area contributed by atoms with Gasteiger partial charge in [-0.25, -0.2) is 4.79 Å². The first-order valence-electron chi connectivity index (χ1n) is 15.1. The molecule has 3 atom stereocenters. The highest BCUT2D eigenvalue weighted by molar-refractivity contribution is 5.93. The third-order valence-corrected chi connectivity index (χ3v) is 8.41. The maximum Gasteiger partial charge on any atom is 0.330 e. The van der Waals surface area contributed by atoms with Gasteiger partial charge in [-0.1, -0.05) is 78.9 Å². The van der Waals surface area contributed by atoms with Crippen LogP contribution in [-0.4, -0.2) is 51.6 Å². The van der Waals surface area contributed by atoms with Crippen LogP contribution in [-0.2, 0) is 23.8 Å². The summed E-state index contributed by atoms with van der Waals surface area (Å²) in [5.74, 6) is 0.772. The SMILES string of the molecule is C=CC(=O)OCCOCCOc1ccc(OCCOC(=O)C2CC3c4ccccc4C2c2ccc(C)cc23)c2ccccc12. The van der Waals surface area contributed by atoms with E-state index in [1.807, 2.05) is 36.4 Å². The Morgan fingerprint density at radius 2 is 1.34 bits per heavy atom. The third-order valence-electron chi connectivity index (χ3n) is 8.41. The number of esters is 2. The number of benzene rings is 4. The quantitative estimate of drug-likeness (QED) is 0.0997. The van der Waals surface area contributed by atoms with Crippen molar-refractivity contribution in [3.8, 4) is 11.5 Å². The normalized spacial score (nSPS) is 17.8. The Labute approximate surface area is 257 Å². The summed E-state index contributed by atoms with van der Waals surface area (Å²) in [7, 11) is 0. The number of carbonyl (C=O) groups is 2. The molecule has 0 saturated carbocycles. The number of hydrogen-bond acceptors (Lipinski definition) is 7. The van der Waals surface area contributed by atoms with Gasteiger partial charge in [0.1, 0.15) is 37.9 Å². The molecule has 0 amide bonds. The van der Waals surface area contributed by atoms with Crippen LogP contribution in [0.2, 0.25) is 0 Å². The van der Waals surface area contributed by atoms with Crippen molar-refractivity contribution in [1.82, 2.24) is 0 Å². The second-order valence-electron chi connectivity index (χ2n) is 11.1. The standard InChI is InChI=1S/C37H36O7/c1-3-35(38)43-19-17-40-16-18-41-33-14-15-34(27-10-6-5-9-26(27)33)42-20-21-44-37(39)32-23-31-25-8-4-7-11-28(25)36(32)29-13-12-24(2)22-30(29)31/h3-15,22,31-32,36H,1,16-21,23H2,2H3. The van der Waals surface area contributed by atoms with Crippen molar-refractivity contribution in [2.24, 2.45) is 5.92 Å². The first kappa shape index (κ1) is 29.5. The number of rotatable bonds is 13. The molecule has 0 aliphatic heterocycles. The van der Waals surface area contributed by atoms with Crippen molar-refractivity contribution in [1.29, 1.82) is 0 Å². The largest absolute Gasteiger partial charge is 0.491 e. The molecule has 44 heavy (non-hydrogen) atoms. The van der Waals surface area contributed by atoms with E-state index < -0.39 is 5.97 Å². The molecule has 0 spiro atoms. The van der Waals surface area contributed by atoms with Crippen LogP contribution in [0.1, 0.15) is 46.1 Å². The van der Waals surface area contributed by atoms with Gasteiger partial charge in [-0.15, -0.1) is 0 Å². The Morgan fingerprint density at radius 1 is 0.727 bits per heavy atom. The number of hydrogen-bond donors (Lipinski definition) is 0. The molecule has 0 N–H and O–H groups in total. The summed E-state index contributed by atoms with van der Waals surface area (Å²) < 4.78 is 28.2. The van der Waals surface area contributed by atoms with Crippen LogP contribution in [0.25, 0.3) is 10.8 Å². The fraction of sp³-hybridized carbons (Fsp3) is 0.297. The van der Waals surface area contributed by atoms with Gasteiger partial charge in [0.25, 0.3) is 0 Å². The Kier molecular flexibility index (Phi) is 8.94. The molecule has 3 aliphatic rings. The van der Waals surface area contributed by atoms with E-state index in [-0.39, 0.29) is 50.2 Å². The average molecular weight is 593 g/mol. The van der Waals surface area contributed by atoms with Crippen molar-refractivity contribution in [3.05, 3.63) is 119 Å². The lowest BCUT2D eigenvalue weighted by Gasteiger charge is -2.44. The van der Waals surface area contributed by atoms with Gasteiger partial charge >= 0.3 is 11.9 Å². The summed E-state index contributed by atoms with van der Waals surface area (Å²) in [4.78, 5) is 24.5. The van der Waals surface area contributed by atoms with Gasteiger partial charge in [0.05, 0.1) is 19.1 Å². The minimum absolute atomic E-state index is 0.0110. The summed E-state index contributed by atoms with van der Waals surface area (Å²) in [6.07, 6.45) is 1.88. The smallest absolute Gasteiger partial charge is 0.330 e. The van der Waals surface area contributed by atoms with Gasteiger partial charge in [-0.05, 0) is 47.7 Å². The van der Waals surface area contributed by atoms with Crippen molar-refractivity contribution >= 4 is 22.7 Å². The van der Waals surface area contributed by atoms with E-state index in [0.29, 0.717) is 24.7 Å². The summed E-state index contributed by atoms with van der Waals surface area (Å²) in [6.45, 7) is 7.02. The number of ether oxygens (including phenoxy) is 5. The van der Waals surface area contributed by atoms with Crippen molar-refractivity contribution < 1.29 is 33.3 Å². The third kappa shape index (κ3) is 6.06. The Bertz CT molecular complexity index is 1680. The molecule has 0 aromatic heterocycles. The maximum atomic E-state index is 13.4. The lowest BCUT2D eigenvalue weighted by atomic mass is 9.59. The van der Waals surface area contributed by atoms with E-state index in [4.69, 9.17) is 23.7 Å². The second kappa shape index (κ2) is 13.3. The topological polar surface area (TPSA) is 80.3 Å². The van der Waals surface area contributed by atoms with Crippen LogP contribution in [0.3, 0.4) is 0 Å². The summed E-state index contributed by atoms with van der Waals surface area (Å²) in [5.41, 5.74) is 6.42. The Balaban J connectivity index is 1.03. The molecule has 4 aromatic rings. The highest BCUT2D eigenvalue weighted by Gasteiger charge is 2.46. The van der Waals surface area contributed by atoms with Crippen LogP contribution in [0.4, 0.5) is 0 Å². The molecule has 7 rings (SSSR count). The van der Waals surface area contributed by atoms with Gasteiger partial charge < -0.3 is 23.7 Å². The van der Waals surface area contributed by atoms with E-state index in [0.717, 1.165) is 23.3 Å². The lowest BCUT2D eigenvalue weighted by molar-refractivity contribution is -0.150. The summed E-state index contributed by atoms with van der Waals surface area (Å²) in [6, 6.07) is 26.7. The Morgan fingerprint density at radius 3 is 2.07 bits per heavy atom. The van der Waals surface area contributed by atoms with Gasteiger partial charge in [-0.3, -0.25) is 4.79 Å². The first-order valence-corrected chi connectivity index (χ1v) is 15.1. The fourth-order valence-electron chi connectivity index (χ4n) is 6.50. The van der Waals surface area contributed by atoms with Crippen LogP contribution in [0.15, 0.2) is 91.5 Å². The molecule has 0 saturated heterocycles. The molecular weight excluding hydrogens is 556 g/mol. The molecule has 0 fully saturated rings. The van der Waals surface area contributed by atoms with E-state index in [1.165, 1.54) is 27.8 Å². The molecule has 2 bridgehead atoms. The van der Waals surface area contributed by atoms with Crippen molar-refractivity contribution in [2.75, 3.05) is 39.6 Å². The highest BCUT2D eigenvalue weighted by atomic mass is 16.6. The predicted octanol–water partition coefficient (Wildman–Crippen LogP) is 6.49. The second-order valence-corrected chi connectivity index (χ2v) is 11.1. The molecular formula is C37H36O7. The predicted molar refractivity (Wildman–Crippen MR) is 167 cm³/mol. The van der Waals surface area contributed by atoms with Crippen LogP contribution in [0, 0.1) is 12.8 Å². The van der Waals surface area contributed by atoms with Crippen molar-refractivity contribution in [3.63, 3.8) is 0 Å². The van der Waals surface area contributed by atoms with Crippen LogP contribution in [0.5, 0.6) is 11.5 Å². The van der Waals surface area contributed by atoms with Gasteiger partial charge in [0.15, 0.2) is 0 Å². The van der Waals surface area contributed by atoms with Gasteiger partial charge in [0, 0.05) is 28.7 Å². The van der Waals surface area contributed by atoms with Crippen LogP contribution >= 0.6 is 0 Å². The summed E-state index contributed by atoms with van der Waals surface area (Å²) in [5, 5.41) is 1.81. The number of aryl methyl sites for hydroxylation is 1. The van der Waals surface area contributed by atoms with Crippen molar-refractivity contribution in [2.45, 2.75) is 25.2 Å². The van der Waals surface area contributed by atoms with E-state index in [2.05, 4.69) is 56.0 Å². The monoisotopic (exact) mass is 592 g/mol. The molecule has 3 aliphatic carbocycles. The average Bonchev–Trinajstić information content (AvgIpc) is 3.06. The first-order chi connectivity index (χ1) is 21.5. The zero-order valence-electron chi connectivity index (χ0n) is 24.8. The molecule has 7 heteroatoms. The summed E-state index contributed by atoms with van der Waals surface area (Å²) >= 11 is 0. The van der Waals surface area contributed by atoms with E-state index >= 15 is 0 Å². The van der Waals surface area contributed by atoms with E-state index in [9.17, 15) is 9.59 Å². The minimum atomic E-state index is -0.472. The molecule has 3 unspecified atom stereocenters.